The highest BCUT2D eigenvalue weighted by Gasteiger charge is 2.25. The molecule has 1 aliphatic carbocycles. The Morgan fingerprint density at radius 3 is 2.65 bits per heavy atom. The lowest BCUT2D eigenvalue weighted by Gasteiger charge is -2.41. The largest absolute Gasteiger partial charge is 0.383 e. The monoisotopic (exact) mass is 325 g/mol. The van der Waals surface area contributed by atoms with Crippen molar-refractivity contribution < 1.29 is 9.53 Å². The molecule has 0 unspecified atom stereocenters. The highest BCUT2D eigenvalue weighted by Crippen LogP contribution is 2.17. The maximum absolute atomic E-state index is 12.1. The fourth-order valence-electron chi connectivity index (χ4n) is 3.86. The zero-order valence-electron chi connectivity index (χ0n) is 15.1. The second kappa shape index (κ2) is 10.3. The maximum Gasteiger partial charge on any atom is 0.221 e. The van der Waals surface area contributed by atoms with Crippen molar-refractivity contribution in [2.75, 3.05) is 46.4 Å². The van der Waals surface area contributed by atoms with Crippen LogP contribution in [-0.4, -0.2) is 74.2 Å². The Balaban J connectivity index is 1.66. The lowest BCUT2D eigenvalue weighted by molar-refractivity contribution is -0.122. The molecular formula is C18H35N3O2. The van der Waals surface area contributed by atoms with Gasteiger partial charge in [0, 0.05) is 58.3 Å². The molecule has 134 valence electrons. The third-order valence-electron chi connectivity index (χ3n) is 5.37. The average molecular weight is 325 g/mol. The van der Waals surface area contributed by atoms with Gasteiger partial charge in [0.05, 0.1) is 6.61 Å². The third-order valence-corrected chi connectivity index (χ3v) is 5.37. The number of nitrogens with zero attached hydrogens (tertiary/aromatic N) is 2. The van der Waals surface area contributed by atoms with Crippen LogP contribution in [0.3, 0.4) is 0 Å². The fourth-order valence-corrected chi connectivity index (χ4v) is 3.86. The highest BCUT2D eigenvalue weighted by molar-refractivity contribution is 5.76. The molecule has 2 aliphatic rings. The second-order valence-corrected chi connectivity index (χ2v) is 7.04. The van der Waals surface area contributed by atoms with Crippen molar-refractivity contribution in [3.8, 4) is 0 Å². The lowest BCUT2D eigenvalue weighted by atomic mass is 9.95. The zero-order valence-corrected chi connectivity index (χ0v) is 15.1. The quantitative estimate of drug-likeness (QED) is 0.740. The van der Waals surface area contributed by atoms with Crippen molar-refractivity contribution in [2.45, 2.75) is 64.0 Å². The highest BCUT2D eigenvalue weighted by atomic mass is 16.5. The van der Waals surface area contributed by atoms with Gasteiger partial charge < -0.3 is 10.1 Å². The van der Waals surface area contributed by atoms with E-state index in [-0.39, 0.29) is 5.91 Å². The number of hydrogen-bond donors (Lipinski definition) is 1. The van der Waals surface area contributed by atoms with Crippen molar-refractivity contribution in [2.24, 2.45) is 0 Å². The Kier molecular flexibility index (Phi) is 8.34. The summed E-state index contributed by atoms with van der Waals surface area (Å²) < 4.78 is 5.21. The van der Waals surface area contributed by atoms with Gasteiger partial charge in [-0.2, -0.15) is 0 Å². The molecule has 1 saturated carbocycles. The van der Waals surface area contributed by atoms with Gasteiger partial charge in [0.2, 0.25) is 5.91 Å². The summed E-state index contributed by atoms with van der Waals surface area (Å²) in [5.41, 5.74) is 0. The fraction of sp³-hybridized carbons (Fsp3) is 0.944. The smallest absolute Gasteiger partial charge is 0.221 e. The van der Waals surface area contributed by atoms with Crippen LogP contribution in [0.1, 0.15) is 51.9 Å². The van der Waals surface area contributed by atoms with E-state index < -0.39 is 0 Å². The summed E-state index contributed by atoms with van der Waals surface area (Å²) in [4.78, 5) is 17.1. The van der Waals surface area contributed by atoms with Crippen molar-refractivity contribution in [1.82, 2.24) is 15.1 Å². The minimum atomic E-state index is 0.242. The predicted molar refractivity (Wildman–Crippen MR) is 93.6 cm³/mol. The van der Waals surface area contributed by atoms with Gasteiger partial charge in [0.15, 0.2) is 0 Å². The van der Waals surface area contributed by atoms with Gasteiger partial charge in [0.25, 0.3) is 0 Å². The van der Waals surface area contributed by atoms with E-state index in [1.807, 2.05) is 0 Å². The molecule has 1 N–H and O–H groups in total. The van der Waals surface area contributed by atoms with Crippen LogP contribution in [-0.2, 0) is 9.53 Å². The lowest BCUT2D eigenvalue weighted by Crippen LogP contribution is -2.54. The standard InChI is InChI=1S/C18H35N3O2/c1-3-17-15-20(11-12-21(17)13-14-23-2)10-9-18(22)19-16-7-5-4-6-8-16/h16-17H,3-15H2,1-2H3,(H,19,22)/t17-/m0/s1. The molecule has 0 aromatic rings. The molecule has 23 heavy (non-hydrogen) atoms. The van der Waals surface area contributed by atoms with Crippen LogP contribution in [0.4, 0.5) is 0 Å². The summed E-state index contributed by atoms with van der Waals surface area (Å²) in [5.74, 6) is 0.242. The molecule has 5 heteroatoms. The van der Waals surface area contributed by atoms with Crippen molar-refractivity contribution in [3.63, 3.8) is 0 Å². The number of carbonyl (C=O) groups excluding carboxylic acids is 1. The zero-order chi connectivity index (χ0) is 16.5. The summed E-state index contributed by atoms with van der Waals surface area (Å²) >= 11 is 0. The van der Waals surface area contributed by atoms with Gasteiger partial charge >= 0.3 is 0 Å². The van der Waals surface area contributed by atoms with Crippen LogP contribution >= 0.6 is 0 Å². The number of methoxy groups -OCH3 is 1. The predicted octanol–water partition coefficient (Wildman–Crippen LogP) is 1.87. The summed E-state index contributed by atoms with van der Waals surface area (Å²) in [7, 11) is 1.77. The second-order valence-electron chi connectivity index (χ2n) is 7.04. The minimum absolute atomic E-state index is 0.242. The molecule has 0 aromatic carbocycles. The van der Waals surface area contributed by atoms with Gasteiger partial charge in [-0.1, -0.05) is 26.2 Å². The molecule has 0 spiro atoms. The molecule has 2 rings (SSSR count). The molecule has 0 bridgehead atoms. The van der Waals surface area contributed by atoms with Crippen molar-refractivity contribution in [3.05, 3.63) is 0 Å². The third kappa shape index (κ3) is 6.40. The topological polar surface area (TPSA) is 44.8 Å². The molecule has 1 saturated heterocycles. The van der Waals surface area contributed by atoms with Gasteiger partial charge in [-0.15, -0.1) is 0 Å². The van der Waals surface area contributed by atoms with Crippen LogP contribution in [0.25, 0.3) is 0 Å². The molecule has 2 fully saturated rings. The SMILES string of the molecule is CC[C@H]1CN(CCC(=O)NC2CCCCC2)CCN1CCOC. The number of piperazine rings is 1. The Labute approximate surface area is 141 Å². The first kappa shape index (κ1) is 18.7. The number of nitrogens with one attached hydrogen (secondary N) is 1. The molecule has 1 atom stereocenters. The molecule has 5 nitrogen and oxygen atoms in total. The van der Waals surface area contributed by atoms with Crippen LogP contribution in [0.2, 0.25) is 0 Å². The van der Waals surface area contributed by atoms with E-state index in [0.29, 0.717) is 18.5 Å². The summed E-state index contributed by atoms with van der Waals surface area (Å²) in [6.45, 7) is 8.21. The first-order chi connectivity index (χ1) is 11.2. The van der Waals surface area contributed by atoms with Crippen LogP contribution in [0.15, 0.2) is 0 Å². The Hall–Kier alpha value is -0.650. The van der Waals surface area contributed by atoms with E-state index in [0.717, 1.165) is 45.8 Å². The number of rotatable bonds is 8. The Morgan fingerprint density at radius 1 is 1.17 bits per heavy atom. The van der Waals surface area contributed by atoms with Crippen LogP contribution in [0, 0.1) is 0 Å². The van der Waals surface area contributed by atoms with E-state index in [1.165, 1.54) is 32.1 Å². The normalized spacial score (nSPS) is 24.7. The van der Waals surface area contributed by atoms with Gasteiger partial charge in [-0.25, -0.2) is 0 Å². The van der Waals surface area contributed by atoms with E-state index >= 15 is 0 Å². The Morgan fingerprint density at radius 2 is 1.96 bits per heavy atom. The van der Waals surface area contributed by atoms with E-state index in [2.05, 4.69) is 22.0 Å². The van der Waals surface area contributed by atoms with Crippen LogP contribution < -0.4 is 5.32 Å². The summed E-state index contributed by atoms with van der Waals surface area (Å²) in [6.07, 6.45) is 8.01. The van der Waals surface area contributed by atoms with E-state index in [1.54, 1.807) is 7.11 Å². The molecule has 1 heterocycles. The summed E-state index contributed by atoms with van der Waals surface area (Å²) in [5, 5.41) is 3.23. The maximum atomic E-state index is 12.1. The molecule has 1 aliphatic heterocycles. The Bertz CT molecular complexity index is 345. The first-order valence-electron chi connectivity index (χ1n) is 9.47. The molecule has 1 amide bonds. The molecule has 0 aromatic heterocycles. The number of ether oxygens (including phenoxy) is 1. The summed E-state index contributed by atoms with van der Waals surface area (Å²) in [6, 6.07) is 1.03. The van der Waals surface area contributed by atoms with Gasteiger partial charge in [-0.3, -0.25) is 14.6 Å². The van der Waals surface area contributed by atoms with Crippen molar-refractivity contribution >= 4 is 5.91 Å². The number of carbonyl (C=O) groups is 1. The molecule has 0 radical (unpaired) electrons. The first-order valence-corrected chi connectivity index (χ1v) is 9.47. The van der Waals surface area contributed by atoms with Gasteiger partial charge in [0.1, 0.15) is 0 Å². The number of amides is 1. The average Bonchev–Trinajstić information content (AvgIpc) is 2.59. The minimum Gasteiger partial charge on any atom is -0.383 e. The van der Waals surface area contributed by atoms with E-state index in [9.17, 15) is 4.79 Å². The number of hydrogen-bond acceptors (Lipinski definition) is 4. The van der Waals surface area contributed by atoms with Crippen molar-refractivity contribution in [1.29, 1.82) is 0 Å². The van der Waals surface area contributed by atoms with Crippen LogP contribution in [0.5, 0.6) is 0 Å². The molecular weight excluding hydrogens is 290 g/mol. The van der Waals surface area contributed by atoms with Gasteiger partial charge in [-0.05, 0) is 19.3 Å². The van der Waals surface area contributed by atoms with E-state index in [4.69, 9.17) is 4.74 Å².